The Labute approximate surface area is 232 Å². The number of rotatable bonds is 9. The van der Waals surface area contributed by atoms with E-state index in [4.69, 9.17) is 0 Å². The fourth-order valence-corrected chi connectivity index (χ4v) is 6.38. The van der Waals surface area contributed by atoms with Gasteiger partial charge in [-0.25, -0.2) is 16.8 Å². The Morgan fingerprint density at radius 3 is 2.26 bits per heavy atom. The molecular formula is C32H35NO4S2. The highest BCUT2D eigenvalue weighted by Gasteiger charge is 2.33. The summed E-state index contributed by atoms with van der Waals surface area (Å²) in [5, 5.41) is 0.907. The molecule has 1 heterocycles. The van der Waals surface area contributed by atoms with Crippen LogP contribution in [0.2, 0.25) is 0 Å². The molecule has 4 aromatic rings. The second-order valence-electron chi connectivity index (χ2n) is 11.5. The summed E-state index contributed by atoms with van der Waals surface area (Å²) in [6, 6.07) is 23.5. The number of fused-ring (bicyclic) bond motifs is 1. The molecule has 5 rings (SSSR count). The Morgan fingerprint density at radius 1 is 0.897 bits per heavy atom. The van der Waals surface area contributed by atoms with E-state index in [1.807, 2.05) is 36.4 Å². The molecule has 204 valence electrons. The molecule has 1 aliphatic carbocycles. The zero-order valence-corrected chi connectivity index (χ0v) is 24.5. The van der Waals surface area contributed by atoms with Crippen LogP contribution in [0.3, 0.4) is 0 Å². The van der Waals surface area contributed by atoms with Crippen molar-refractivity contribution in [2.45, 2.75) is 55.1 Å². The molecule has 0 saturated heterocycles. The molecule has 1 aromatic heterocycles. The molecule has 0 aliphatic heterocycles. The van der Waals surface area contributed by atoms with E-state index >= 15 is 0 Å². The predicted octanol–water partition coefficient (Wildman–Crippen LogP) is 6.71. The maximum Gasteiger partial charge on any atom is 0.175 e. The third-order valence-electron chi connectivity index (χ3n) is 8.14. The van der Waals surface area contributed by atoms with E-state index in [0.717, 1.165) is 51.9 Å². The van der Waals surface area contributed by atoms with Crippen molar-refractivity contribution in [3.63, 3.8) is 0 Å². The van der Waals surface area contributed by atoms with E-state index in [0.29, 0.717) is 4.90 Å². The molecule has 1 fully saturated rings. The smallest absolute Gasteiger partial charge is 0.175 e. The molecule has 1 unspecified atom stereocenters. The zero-order chi connectivity index (χ0) is 28.0. The van der Waals surface area contributed by atoms with Gasteiger partial charge in [-0.1, -0.05) is 55.3 Å². The third-order valence-corrected chi connectivity index (χ3v) is 11.4. The first-order chi connectivity index (χ1) is 18.3. The van der Waals surface area contributed by atoms with Crippen LogP contribution < -0.4 is 0 Å². The van der Waals surface area contributed by atoms with Crippen LogP contribution in [0, 0.1) is 5.92 Å². The number of hydrogen-bond donors (Lipinski definition) is 0. The predicted molar refractivity (Wildman–Crippen MR) is 158 cm³/mol. The SMILES string of the molecule is CC(C)(c1cc(-c2cccc(CC(CC3CC3)c3ccc(S(C)(=O)=O)cc3)c2)c2ncccc2c1)S(C)(=O)=O. The molecule has 1 atom stereocenters. The topological polar surface area (TPSA) is 81.2 Å². The van der Waals surface area contributed by atoms with Crippen molar-refractivity contribution >= 4 is 30.6 Å². The summed E-state index contributed by atoms with van der Waals surface area (Å²) in [6.45, 7) is 3.50. The van der Waals surface area contributed by atoms with Gasteiger partial charge in [0.25, 0.3) is 0 Å². The van der Waals surface area contributed by atoms with Gasteiger partial charge >= 0.3 is 0 Å². The first kappa shape index (κ1) is 27.5. The summed E-state index contributed by atoms with van der Waals surface area (Å²) >= 11 is 0. The third kappa shape index (κ3) is 5.94. The van der Waals surface area contributed by atoms with Gasteiger partial charge in [-0.15, -0.1) is 0 Å². The molecular weight excluding hydrogens is 526 g/mol. The number of hydrogen-bond acceptors (Lipinski definition) is 5. The molecule has 1 aliphatic rings. The van der Waals surface area contributed by atoms with Crippen molar-refractivity contribution in [2.24, 2.45) is 5.92 Å². The number of aromatic nitrogens is 1. The van der Waals surface area contributed by atoms with Crippen LogP contribution in [0.1, 0.15) is 55.7 Å². The summed E-state index contributed by atoms with van der Waals surface area (Å²) in [4.78, 5) is 5.00. The molecule has 0 amide bonds. The summed E-state index contributed by atoms with van der Waals surface area (Å²) in [7, 11) is -6.59. The van der Waals surface area contributed by atoms with E-state index in [1.54, 1.807) is 32.2 Å². The minimum atomic E-state index is -3.35. The minimum Gasteiger partial charge on any atom is -0.256 e. The van der Waals surface area contributed by atoms with E-state index in [1.165, 1.54) is 30.9 Å². The van der Waals surface area contributed by atoms with E-state index < -0.39 is 24.4 Å². The highest BCUT2D eigenvalue weighted by molar-refractivity contribution is 7.91. The number of nitrogens with zero attached hydrogens (tertiary/aromatic N) is 1. The van der Waals surface area contributed by atoms with Gasteiger partial charge in [-0.2, -0.15) is 0 Å². The van der Waals surface area contributed by atoms with Crippen LogP contribution in [0.15, 0.2) is 83.9 Å². The van der Waals surface area contributed by atoms with Crippen LogP contribution in [0.25, 0.3) is 22.0 Å². The fourth-order valence-electron chi connectivity index (χ4n) is 5.20. The van der Waals surface area contributed by atoms with E-state index in [2.05, 4.69) is 29.2 Å². The van der Waals surface area contributed by atoms with Crippen molar-refractivity contribution < 1.29 is 16.8 Å². The number of benzene rings is 3. The van der Waals surface area contributed by atoms with Gasteiger partial charge in [0.2, 0.25) is 0 Å². The standard InChI is InChI=1S/C32H35NO4S2/c1-32(2,39(4,36)37)28-20-26-9-6-16-33-31(26)30(21-28)25-8-5-7-23(18-25)19-27(17-22-10-11-22)24-12-14-29(15-13-24)38(3,34)35/h5-9,12-16,18,20-22,27H,10-11,17,19H2,1-4H3. The average Bonchev–Trinajstić information content (AvgIpc) is 3.71. The lowest BCUT2D eigenvalue weighted by atomic mass is 9.86. The minimum absolute atomic E-state index is 0.284. The lowest BCUT2D eigenvalue weighted by Gasteiger charge is -2.24. The monoisotopic (exact) mass is 561 g/mol. The normalized spacial score (nSPS) is 15.4. The van der Waals surface area contributed by atoms with Gasteiger partial charge in [0.05, 0.1) is 15.2 Å². The zero-order valence-electron chi connectivity index (χ0n) is 22.9. The molecule has 7 heteroatoms. The number of sulfone groups is 2. The lowest BCUT2D eigenvalue weighted by Crippen LogP contribution is -2.28. The second kappa shape index (κ2) is 10.2. The van der Waals surface area contributed by atoms with E-state index in [9.17, 15) is 16.8 Å². The maximum atomic E-state index is 12.7. The van der Waals surface area contributed by atoms with Crippen LogP contribution in [0.4, 0.5) is 0 Å². The van der Waals surface area contributed by atoms with Gasteiger partial charge in [-0.05, 0) is 91.1 Å². The Morgan fingerprint density at radius 2 is 1.62 bits per heavy atom. The molecule has 0 spiro atoms. The van der Waals surface area contributed by atoms with Crippen LogP contribution in [-0.4, -0.2) is 34.3 Å². The van der Waals surface area contributed by atoms with Crippen molar-refractivity contribution in [3.8, 4) is 11.1 Å². The summed E-state index contributed by atoms with van der Waals surface area (Å²) in [6.07, 6.45) is 8.69. The van der Waals surface area contributed by atoms with Gasteiger partial charge in [-0.3, -0.25) is 4.98 Å². The summed E-state index contributed by atoms with van der Waals surface area (Å²) in [5.41, 5.74) is 5.83. The molecule has 1 saturated carbocycles. The van der Waals surface area contributed by atoms with Crippen molar-refractivity contribution in [3.05, 3.63) is 95.7 Å². The maximum absolute atomic E-state index is 12.7. The Kier molecular flexibility index (Phi) is 7.18. The average molecular weight is 562 g/mol. The van der Waals surface area contributed by atoms with Crippen LogP contribution >= 0.6 is 0 Å². The Balaban J connectivity index is 1.54. The first-order valence-electron chi connectivity index (χ1n) is 13.3. The van der Waals surface area contributed by atoms with Gasteiger partial charge in [0.15, 0.2) is 19.7 Å². The lowest BCUT2D eigenvalue weighted by molar-refractivity contribution is 0.561. The largest absolute Gasteiger partial charge is 0.256 e. The quantitative estimate of drug-likeness (QED) is 0.227. The van der Waals surface area contributed by atoms with Crippen LogP contribution in [-0.2, 0) is 30.8 Å². The molecule has 0 bridgehead atoms. The molecule has 39 heavy (non-hydrogen) atoms. The van der Waals surface area contributed by atoms with E-state index in [-0.39, 0.29) is 5.92 Å². The molecule has 3 aromatic carbocycles. The van der Waals surface area contributed by atoms with Crippen molar-refractivity contribution in [1.29, 1.82) is 0 Å². The Hall–Kier alpha value is -3.03. The first-order valence-corrected chi connectivity index (χ1v) is 17.1. The summed E-state index contributed by atoms with van der Waals surface area (Å²) in [5.74, 6) is 1.00. The summed E-state index contributed by atoms with van der Waals surface area (Å²) < 4.78 is 48.2. The highest BCUT2D eigenvalue weighted by Crippen LogP contribution is 2.41. The van der Waals surface area contributed by atoms with Gasteiger partial charge in [0.1, 0.15) is 0 Å². The van der Waals surface area contributed by atoms with Gasteiger partial charge in [0, 0.05) is 29.7 Å². The second-order valence-corrected chi connectivity index (χ2v) is 16.1. The van der Waals surface area contributed by atoms with Crippen LogP contribution in [0.5, 0.6) is 0 Å². The van der Waals surface area contributed by atoms with Gasteiger partial charge < -0.3 is 0 Å². The molecule has 5 nitrogen and oxygen atoms in total. The highest BCUT2D eigenvalue weighted by atomic mass is 32.2. The molecule has 0 N–H and O–H groups in total. The molecule has 0 radical (unpaired) electrons. The van der Waals surface area contributed by atoms with Crippen molar-refractivity contribution in [1.82, 2.24) is 4.98 Å². The number of pyridine rings is 1. The Bertz CT molecular complexity index is 1740. The fraction of sp³-hybridized carbons (Fsp3) is 0.344. The van der Waals surface area contributed by atoms with Crippen molar-refractivity contribution in [2.75, 3.05) is 12.5 Å².